The summed E-state index contributed by atoms with van der Waals surface area (Å²) in [6.45, 7) is 4.56. The van der Waals surface area contributed by atoms with Gasteiger partial charge >= 0.3 is 0 Å². The van der Waals surface area contributed by atoms with E-state index >= 15 is 0 Å². The van der Waals surface area contributed by atoms with Gasteiger partial charge in [-0.2, -0.15) is 0 Å². The molecular formula is C9H13BrN2S. The first-order valence-corrected chi connectivity index (χ1v) is 6.21. The second kappa shape index (κ2) is 3.31. The molecule has 0 N–H and O–H groups in total. The van der Waals surface area contributed by atoms with Crippen molar-refractivity contribution in [3.8, 4) is 0 Å². The minimum absolute atomic E-state index is 0.224. The third-order valence-corrected chi connectivity index (χ3v) is 4.77. The number of hydrogen-bond donors (Lipinski definition) is 0. The quantitative estimate of drug-likeness (QED) is 0.815. The molecule has 1 aliphatic carbocycles. The van der Waals surface area contributed by atoms with E-state index in [-0.39, 0.29) is 5.41 Å². The second-order valence-corrected chi connectivity index (χ2v) is 6.46. The third kappa shape index (κ3) is 1.66. The molecule has 0 radical (unpaired) electrons. The van der Waals surface area contributed by atoms with Gasteiger partial charge in [-0.05, 0) is 34.7 Å². The standard InChI is InChI=1S/C9H13BrN2S/c1-9(2,6-4-3-5-6)7-11-12-8(10)13-7/h6H,3-5H2,1-2H3. The van der Waals surface area contributed by atoms with Crippen LogP contribution in [-0.4, -0.2) is 10.2 Å². The Hall–Kier alpha value is 0.0400. The van der Waals surface area contributed by atoms with Crippen molar-refractivity contribution in [3.05, 3.63) is 8.92 Å². The summed E-state index contributed by atoms with van der Waals surface area (Å²) in [7, 11) is 0. The average molecular weight is 261 g/mol. The highest BCUT2D eigenvalue weighted by atomic mass is 79.9. The van der Waals surface area contributed by atoms with Crippen LogP contribution in [0.2, 0.25) is 0 Å². The third-order valence-electron chi connectivity index (χ3n) is 3.08. The van der Waals surface area contributed by atoms with E-state index in [2.05, 4.69) is 40.0 Å². The fourth-order valence-electron chi connectivity index (χ4n) is 1.77. The Morgan fingerprint density at radius 1 is 1.38 bits per heavy atom. The predicted octanol–water partition coefficient (Wildman–Crippen LogP) is 3.38. The van der Waals surface area contributed by atoms with Crippen LogP contribution in [-0.2, 0) is 5.41 Å². The molecule has 72 valence electrons. The van der Waals surface area contributed by atoms with E-state index < -0.39 is 0 Å². The van der Waals surface area contributed by atoms with Crippen molar-refractivity contribution in [3.63, 3.8) is 0 Å². The van der Waals surface area contributed by atoms with Gasteiger partial charge in [0.15, 0.2) is 3.92 Å². The van der Waals surface area contributed by atoms with Crippen molar-refractivity contribution in [2.45, 2.75) is 38.5 Å². The van der Waals surface area contributed by atoms with Gasteiger partial charge in [0.05, 0.1) is 0 Å². The Kier molecular flexibility index (Phi) is 2.45. The molecular weight excluding hydrogens is 248 g/mol. The van der Waals surface area contributed by atoms with Gasteiger partial charge in [-0.15, -0.1) is 10.2 Å². The molecule has 0 amide bonds. The molecule has 1 fully saturated rings. The van der Waals surface area contributed by atoms with Gasteiger partial charge in [-0.1, -0.05) is 31.6 Å². The van der Waals surface area contributed by atoms with Crippen LogP contribution in [0, 0.1) is 5.92 Å². The van der Waals surface area contributed by atoms with Crippen LogP contribution in [0.15, 0.2) is 3.92 Å². The largest absolute Gasteiger partial charge is 0.183 e. The highest BCUT2D eigenvalue weighted by Gasteiger charge is 2.37. The van der Waals surface area contributed by atoms with Gasteiger partial charge in [0.25, 0.3) is 0 Å². The molecule has 0 unspecified atom stereocenters. The van der Waals surface area contributed by atoms with Crippen molar-refractivity contribution in [2.75, 3.05) is 0 Å². The van der Waals surface area contributed by atoms with Crippen LogP contribution in [0.1, 0.15) is 38.1 Å². The maximum absolute atomic E-state index is 4.21. The zero-order valence-corrected chi connectivity index (χ0v) is 10.3. The van der Waals surface area contributed by atoms with Crippen LogP contribution in [0.4, 0.5) is 0 Å². The van der Waals surface area contributed by atoms with E-state index in [1.807, 2.05) is 0 Å². The molecule has 2 nitrogen and oxygen atoms in total. The Bertz CT molecular complexity index is 304. The van der Waals surface area contributed by atoms with Crippen LogP contribution in [0.5, 0.6) is 0 Å². The van der Waals surface area contributed by atoms with Gasteiger partial charge in [-0.3, -0.25) is 0 Å². The fraction of sp³-hybridized carbons (Fsp3) is 0.778. The molecule has 4 heteroatoms. The molecule has 0 saturated heterocycles. The Balaban J connectivity index is 2.22. The highest BCUT2D eigenvalue weighted by molar-refractivity contribution is 9.11. The normalized spacial score (nSPS) is 18.7. The zero-order valence-electron chi connectivity index (χ0n) is 7.88. The van der Waals surface area contributed by atoms with Crippen molar-refractivity contribution in [1.82, 2.24) is 10.2 Å². The van der Waals surface area contributed by atoms with Gasteiger partial charge in [-0.25, -0.2) is 0 Å². The van der Waals surface area contributed by atoms with E-state index in [1.54, 1.807) is 11.3 Å². The molecule has 0 bridgehead atoms. The molecule has 1 heterocycles. The summed E-state index contributed by atoms with van der Waals surface area (Å²) >= 11 is 5.03. The molecule has 0 spiro atoms. The van der Waals surface area contributed by atoms with Crippen molar-refractivity contribution in [2.24, 2.45) is 5.92 Å². The maximum atomic E-state index is 4.21. The van der Waals surface area contributed by atoms with Crippen molar-refractivity contribution >= 4 is 27.3 Å². The first kappa shape index (κ1) is 9.59. The van der Waals surface area contributed by atoms with Crippen LogP contribution in [0.3, 0.4) is 0 Å². The Morgan fingerprint density at radius 2 is 2.08 bits per heavy atom. The fourth-order valence-corrected chi connectivity index (χ4v) is 3.06. The van der Waals surface area contributed by atoms with Gasteiger partial charge in [0.2, 0.25) is 0 Å². The summed E-state index contributed by atoms with van der Waals surface area (Å²) in [5.74, 6) is 0.812. The monoisotopic (exact) mass is 260 g/mol. The minimum atomic E-state index is 0.224. The van der Waals surface area contributed by atoms with Gasteiger partial charge in [0.1, 0.15) is 5.01 Å². The molecule has 2 rings (SSSR count). The topological polar surface area (TPSA) is 25.8 Å². The molecule has 1 aliphatic rings. The number of hydrogen-bond acceptors (Lipinski definition) is 3. The smallest absolute Gasteiger partial charge is 0.142 e. The lowest BCUT2D eigenvalue weighted by atomic mass is 9.68. The Labute approximate surface area is 90.9 Å². The van der Waals surface area contributed by atoms with Crippen LogP contribution in [0.25, 0.3) is 0 Å². The first-order chi connectivity index (χ1) is 6.10. The average Bonchev–Trinajstić information content (AvgIpc) is 2.30. The highest BCUT2D eigenvalue weighted by Crippen LogP contribution is 2.44. The molecule has 0 aliphatic heterocycles. The number of aromatic nitrogens is 2. The summed E-state index contributed by atoms with van der Waals surface area (Å²) in [6.07, 6.45) is 4.09. The minimum Gasteiger partial charge on any atom is -0.142 e. The van der Waals surface area contributed by atoms with Crippen LogP contribution >= 0.6 is 27.3 Å². The lowest BCUT2D eigenvalue weighted by molar-refractivity contribution is 0.193. The summed E-state index contributed by atoms with van der Waals surface area (Å²) in [5.41, 5.74) is 0.224. The summed E-state index contributed by atoms with van der Waals surface area (Å²) in [6, 6.07) is 0. The van der Waals surface area contributed by atoms with E-state index in [0.717, 1.165) is 9.83 Å². The number of nitrogens with zero attached hydrogens (tertiary/aromatic N) is 2. The lowest BCUT2D eigenvalue weighted by Gasteiger charge is -2.38. The summed E-state index contributed by atoms with van der Waals surface area (Å²) in [4.78, 5) is 0. The Morgan fingerprint density at radius 3 is 2.46 bits per heavy atom. The molecule has 13 heavy (non-hydrogen) atoms. The maximum Gasteiger partial charge on any atom is 0.183 e. The molecule has 1 aromatic heterocycles. The first-order valence-electron chi connectivity index (χ1n) is 4.60. The zero-order chi connectivity index (χ0) is 9.47. The van der Waals surface area contributed by atoms with Crippen molar-refractivity contribution < 1.29 is 0 Å². The van der Waals surface area contributed by atoms with Gasteiger partial charge < -0.3 is 0 Å². The molecule has 0 aromatic carbocycles. The predicted molar refractivity (Wildman–Crippen MR) is 58.0 cm³/mol. The lowest BCUT2D eigenvalue weighted by Crippen LogP contribution is -2.33. The van der Waals surface area contributed by atoms with Crippen molar-refractivity contribution in [1.29, 1.82) is 0 Å². The summed E-state index contributed by atoms with van der Waals surface area (Å²) in [5, 5.41) is 9.39. The van der Waals surface area contributed by atoms with E-state index in [1.165, 1.54) is 24.3 Å². The van der Waals surface area contributed by atoms with Crippen LogP contribution < -0.4 is 0 Å². The van der Waals surface area contributed by atoms with E-state index in [0.29, 0.717) is 0 Å². The van der Waals surface area contributed by atoms with E-state index in [9.17, 15) is 0 Å². The summed E-state index contributed by atoms with van der Waals surface area (Å²) < 4.78 is 0.898. The second-order valence-electron chi connectivity index (χ2n) is 4.21. The molecule has 1 saturated carbocycles. The van der Waals surface area contributed by atoms with E-state index in [4.69, 9.17) is 0 Å². The molecule has 0 atom stereocenters. The van der Waals surface area contributed by atoms with Gasteiger partial charge in [0, 0.05) is 5.41 Å². The SMILES string of the molecule is CC(C)(c1nnc(Br)s1)C1CCC1. The number of halogens is 1. The molecule has 1 aromatic rings. The number of rotatable bonds is 2.